The number of morpholine rings is 1. The lowest BCUT2D eigenvalue weighted by Gasteiger charge is -2.26. The predicted octanol–water partition coefficient (Wildman–Crippen LogP) is 2.30. The van der Waals surface area contributed by atoms with Gasteiger partial charge in [0, 0.05) is 25.7 Å². The number of anilines is 2. The van der Waals surface area contributed by atoms with Gasteiger partial charge in [0.15, 0.2) is 0 Å². The molecule has 0 amide bonds. The van der Waals surface area contributed by atoms with Crippen molar-refractivity contribution in [2.24, 2.45) is 0 Å². The van der Waals surface area contributed by atoms with Crippen LogP contribution in [-0.2, 0) is 4.74 Å². The van der Waals surface area contributed by atoms with Crippen molar-refractivity contribution in [1.29, 1.82) is 0 Å². The monoisotopic (exact) mass is 331 g/mol. The molecule has 1 heterocycles. The minimum atomic E-state index is -0.337. The Morgan fingerprint density at radius 3 is 2.84 bits per heavy atom. The highest BCUT2D eigenvalue weighted by Gasteiger charge is 2.09. The first-order valence-electron chi connectivity index (χ1n) is 6.45. The van der Waals surface area contributed by atoms with E-state index in [4.69, 9.17) is 10.5 Å². The number of nitrogens with two attached hydrogens (primary N) is 1. The second kappa shape index (κ2) is 7.07. The van der Waals surface area contributed by atoms with Crippen molar-refractivity contribution >= 4 is 27.3 Å². The lowest BCUT2D eigenvalue weighted by atomic mass is 10.2. The van der Waals surface area contributed by atoms with E-state index in [-0.39, 0.29) is 5.82 Å². The molecular weight excluding hydrogens is 313 g/mol. The van der Waals surface area contributed by atoms with E-state index in [1.54, 1.807) is 6.07 Å². The van der Waals surface area contributed by atoms with Gasteiger partial charge in [0.2, 0.25) is 0 Å². The number of halogens is 2. The van der Waals surface area contributed by atoms with Crippen LogP contribution in [0.2, 0.25) is 0 Å². The van der Waals surface area contributed by atoms with Crippen molar-refractivity contribution in [2.45, 2.75) is 6.42 Å². The third-order valence-corrected chi connectivity index (χ3v) is 3.77. The molecule has 2 rings (SSSR count). The van der Waals surface area contributed by atoms with E-state index < -0.39 is 0 Å². The van der Waals surface area contributed by atoms with Gasteiger partial charge >= 0.3 is 0 Å². The molecule has 1 fully saturated rings. The summed E-state index contributed by atoms with van der Waals surface area (Å²) in [6, 6.07) is 3.01. The van der Waals surface area contributed by atoms with Gasteiger partial charge in [0.25, 0.3) is 0 Å². The van der Waals surface area contributed by atoms with Crippen LogP contribution in [0.1, 0.15) is 6.42 Å². The number of hydrogen-bond acceptors (Lipinski definition) is 4. The first kappa shape index (κ1) is 14.6. The summed E-state index contributed by atoms with van der Waals surface area (Å²) in [5.41, 5.74) is 6.98. The molecule has 0 saturated carbocycles. The zero-order valence-corrected chi connectivity index (χ0v) is 12.4. The van der Waals surface area contributed by atoms with Crippen LogP contribution in [0.25, 0.3) is 0 Å². The molecule has 0 radical (unpaired) electrons. The molecule has 1 aromatic carbocycles. The molecule has 3 N–H and O–H groups in total. The maximum atomic E-state index is 13.2. The van der Waals surface area contributed by atoms with Crippen molar-refractivity contribution in [3.8, 4) is 0 Å². The smallest absolute Gasteiger partial charge is 0.139 e. The fraction of sp³-hybridized carbons (Fsp3) is 0.538. The SMILES string of the molecule is Nc1cc(F)c(Br)cc1NCCCN1CCOCC1. The molecule has 0 bridgehead atoms. The third kappa shape index (κ3) is 4.33. The topological polar surface area (TPSA) is 50.5 Å². The van der Waals surface area contributed by atoms with Crippen LogP contribution in [0.3, 0.4) is 0 Å². The average molecular weight is 332 g/mol. The van der Waals surface area contributed by atoms with Gasteiger partial charge in [0.05, 0.1) is 29.1 Å². The molecule has 0 aromatic heterocycles. The number of ether oxygens (including phenoxy) is 1. The second-order valence-electron chi connectivity index (χ2n) is 4.59. The highest BCUT2D eigenvalue weighted by molar-refractivity contribution is 9.10. The molecule has 1 aliphatic heterocycles. The molecule has 4 nitrogen and oxygen atoms in total. The number of nitrogen functional groups attached to an aromatic ring is 1. The molecule has 106 valence electrons. The number of hydrogen-bond donors (Lipinski definition) is 2. The van der Waals surface area contributed by atoms with Crippen LogP contribution in [-0.4, -0.2) is 44.3 Å². The Kier molecular flexibility index (Phi) is 5.42. The highest BCUT2D eigenvalue weighted by atomic mass is 79.9. The van der Waals surface area contributed by atoms with Gasteiger partial charge < -0.3 is 15.8 Å². The zero-order chi connectivity index (χ0) is 13.7. The van der Waals surface area contributed by atoms with Gasteiger partial charge in [-0.15, -0.1) is 0 Å². The quantitative estimate of drug-likeness (QED) is 0.642. The molecule has 1 aromatic rings. The number of benzene rings is 1. The van der Waals surface area contributed by atoms with Crippen molar-refractivity contribution in [1.82, 2.24) is 4.90 Å². The van der Waals surface area contributed by atoms with Gasteiger partial charge in [-0.3, -0.25) is 4.90 Å². The van der Waals surface area contributed by atoms with Crippen molar-refractivity contribution in [2.75, 3.05) is 50.4 Å². The minimum Gasteiger partial charge on any atom is -0.397 e. The molecule has 0 unspecified atom stereocenters. The van der Waals surface area contributed by atoms with Gasteiger partial charge in [-0.1, -0.05) is 0 Å². The summed E-state index contributed by atoms with van der Waals surface area (Å²) in [6.45, 7) is 5.52. The molecular formula is C13H19BrFN3O. The van der Waals surface area contributed by atoms with Crippen LogP contribution >= 0.6 is 15.9 Å². The van der Waals surface area contributed by atoms with Crippen LogP contribution in [0.5, 0.6) is 0 Å². The van der Waals surface area contributed by atoms with Crippen LogP contribution in [0.15, 0.2) is 16.6 Å². The van der Waals surface area contributed by atoms with Gasteiger partial charge in [0.1, 0.15) is 5.82 Å². The van der Waals surface area contributed by atoms with Gasteiger partial charge in [-0.05, 0) is 35.0 Å². The lowest BCUT2D eigenvalue weighted by molar-refractivity contribution is 0.0378. The summed E-state index contributed by atoms with van der Waals surface area (Å²) in [5.74, 6) is -0.337. The average Bonchev–Trinajstić information content (AvgIpc) is 2.41. The van der Waals surface area contributed by atoms with Crippen LogP contribution < -0.4 is 11.1 Å². The fourth-order valence-electron chi connectivity index (χ4n) is 2.07. The van der Waals surface area contributed by atoms with Crippen LogP contribution in [0, 0.1) is 5.82 Å². The third-order valence-electron chi connectivity index (χ3n) is 3.16. The molecule has 0 aliphatic carbocycles. The summed E-state index contributed by atoms with van der Waals surface area (Å²) < 4.78 is 18.9. The summed E-state index contributed by atoms with van der Waals surface area (Å²) >= 11 is 3.16. The first-order chi connectivity index (χ1) is 9.16. The van der Waals surface area contributed by atoms with E-state index in [9.17, 15) is 4.39 Å². The second-order valence-corrected chi connectivity index (χ2v) is 5.44. The summed E-state index contributed by atoms with van der Waals surface area (Å²) in [4.78, 5) is 2.38. The predicted molar refractivity (Wildman–Crippen MR) is 78.9 cm³/mol. The summed E-state index contributed by atoms with van der Waals surface area (Å²) in [6.07, 6.45) is 1.02. The van der Waals surface area contributed by atoms with Crippen LogP contribution in [0.4, 0.5) is 15.8 Å². The first-order valence-corrected chi connectivity index (χ1v) is 7.24. The van der Waals surface area contributed by atoms with E-state index in [0.717, 1.165) is 51.5 Å². The molecule has 0 atom stereocenters. The Labute approximate surface area is 121 Å². The van der Waals surface area contributed by atoms with E-state index in [2.05, 4.69) is 26.1 Å². The Bertz CT molecular complexity index is 425. The Morgan fingerprint density at radius 1 is 1.37 bits per heavy atom. The Morgan fingerprint density at radius 2 is 2.11 bits per heavy atom. The highest BCUT2D eigenvalue weighted by Crippen LogP contribution is 2.26. The van der Waals surface area contributed by atoms with Crippen molar-refractivity contribution in [3.63, 3.8) is 0 Å². The summed E-state index contributed by atoms with van der Waals surface area (Å²) in [5, 5.41) is 3.24. The normalized spacial score (nSPS) is 16.5. The molecule has 6 heteroatoms. The molecule has 19 heavy (non-hydrogen) atoms. The maximum Gasteiger partial charge on any atom is 0.139 e. The van der Waals surface area contributed by atoms with E-state index in [1.807, 2.05) is 0 Å². The van der Waals surface area contributed by atoms with Gasteiger partial charge in [-0.25, -0.2) is 4.39 Å². The van der Waals surface area contributed by atoms with E-state index >= 15 is 0 Å². The van der Waals surface area contributed by atoms with Gasteiger partial charge in [-0.2, -0.15) is 0 Å². The minimum absolute atomic E-state index is 0.337. The number of rotatable bonds is 5. The van der Waals surface area contributed by atoms with Crippen molar-refractivity contribution in [3.05, 3.63) is 22.4 Å². The standard InChI is InChI=1S/C13H19BrFN3O/c14-10-8-13(12(16)9-11(10)15)17-2-1-3-18-4-6-19-7-5-18/h8-9,17H,1-7,16H2. The zero-order valence-electron chi connectivity index (χ0n) is 10.8. The molecule has 0 spiro atoms. The van der Waals surface area contributed by atoms with E-state index in [1.165, 1.54) is 6.07 Å². The fourth-order valence-corrected chi connectivity index (χ4v) is 2.41. The number of nitrogens with zero attached hydrogens (tertiary/aromatic N) is 1. The molecule has 1 aliphatic rings. The largest absolute Gasteiger partial charge is 0.397 e. The summed E-state index contributed by atoms with van der Waals surface area (Å²) in [7, 11) is 0. The van der Waals surface area contributed by atoms with Crippen molar-refractivity contribution < 1.29 is 9.13 Å². The molecule has 1 saturated heterocycles. The Balaban J connectivity index is 1.74. The number of nitrogens with one attached hydrogen (secondary N) is 1. The lowest BCUT2D eigenvalue weighted by Crippen LogP contribution is -2.37. The maximum absolute atomic E-state index is 13.2. The van der Waals surface area contributed by atoms with E-state index in [0.29, 0.717) is 10.2 Å². The Hall–Kier alpha value is -0.850.